The quantitative estimate of drug-likeness (QED) is 0.409. The van der Waals surface area contributed by atoms with E-state index in [1.54, 1.807) is 13.8 Å². The van der Waals surface area contributed by atoms with Gasteiger partial charge in [-0.15, -0.1) is 0 Å². The van der Waals surface area contributed by atoms with Crippen molar-refractivity contribution in [3.05, 3.63) is 51.5 Å². The molecule has 0 spiro atoms. The highest BCUT2D eigenvalue weighted by Gasteiger charge is 2.20. The number of nitro groups is 1. The van der Waals surface area contributed by atoms with Crippen LogP contribution in [0.5, 0.6) is 0 Å². The lowest BCUT2D eigenvalue weighted by molar-refractivity contribution is -0.470. The third-order valence-corrected chi connectivity index (χ3v) is 2.81. The predicted octanol–water partition coefficient (Wildman–Crippen LogP) is 2.76. The van der Waals surface area contributed by atoms with Crippen LogP contribution in [0.4, 0.5) is 13.2 Å². The standard InChI is InChI=1S/C12H8F3NO3.C4H7NO4/c1-2-18-12(17)9-5-10(19-16-9)11-7(14)3-6(13)4-8(11)15;1-2-9-4(6)3-5(7)8/h3-5H,2H2,1H3;2-3H2,1H3. The number of hydrogen-bond acceptors (Lipinski definition) is 8. The summed E-state index contributed by atoms with van der Waals surface area (Å²) in [6.45, 7) is 2.76. The van der Waals surface area contributed by atoms with Crippen LogP contribution in [0.1, 0.15) is 24.3 Å². The molecular weight excluding hydrogens is 389 g/mol. The van der Waals surface area contributed by atoms with Crippen molar-refractivity contribution >= 4 is 11.9 Å². The van der Waals surface area contributed by atoms with Crippen molar-refractivity contribution in [3.8, 4) is 11.3 Å². The zero-order valence-electron chi connectivity index (χ0n) is 14.7. The van der Waals surface area contributed by atoms with E-state index in [0.29, 0.717) is 12.1 Å². The minimum atomic E-state index is -1.15. The van der Waals surface area contributed by atoms with E-state index in [0.717, 1.165) is 6.07 Å². The van der Waals surface area contributed by atoms with E-state index in [1.165, 1.54) is 0 Å². The number of halogens is 3. The maximum atomic E-state index is 13.5. The lowest BCUT2D eigenvalue weighted by Gasteiger charge is -2.00. The van der Waals surface area contributed by atoms with Crippen LogP contribution in [-0.2, 0) is 14.3 Å². The van der Waals surface area contributed by atoms with Gasteiger partial charge in [-0.2, -0.15) is 0 Å². The van der Waals surface area contributed by atoms with Crippen LogP contribution in [0.2, 0.25) is 0 Å². The van der Waals surface area contributed by atoms with Gasteiger partial charge in [0.15, 0.2) is 11.5 Å². The van der Waals surface area contributed by atoms with Gasteiger partial charge in [0.25, 0.3) is 6.54 Å². The van der Waals surface area contributed by atoms with Gasteiger partial charge >= 0.3 is 11.9 Å². The maximum Gasteiger partial charge on any atom is 0.378 e. The molecule has 9 nitrogen and oxygen atoms in total. The van der Waals surface area contributed by atoms with E-state index < -0.39 is 46.4 Å². The fourth-order valence-corrected chi connectivity index (χ4v) is 1.78. The number of esters is 2. The van der Waals surface area contributed by atoms with E-state index in [4.69, 9.17) is 0 Å². The summed E-state index contributed by atoms with van der Waals surface area (Å²) < 4.78 is 53.3. The highest BCUT2D eigenvalue weighted by Crippen LogP contribution is 2.27. The highest BCUT2D eigenvalue weighted by molar-refractivity contribution is 5.88. The minimum Gasteiger partial charge on any atom is -0.461 e. The first-order chi connectivity index (χ1) is 13.2. The molecule has 0 radical (unpaired) electrons. The Balaban J connectivity index is 0.000000370. The lowest BCUT2D eigenvalue weighted by Crippen LogP contribution is -2.16. The van der Waals surface area contributed by atoms with E-state index in [-0.39, 0.29) is 24.7 Å². The van der Waals surface area contributed by atoms with Gasteiger partial charge in [-0.25, -0.2) is 22.8 Å². The largest absolute Gasteiger partial charge is 0.461 e. The van der Waals surface area contributed by atoms with Gasteiger partial charge in [-0.1, -0.05) is 5.16 Å². The van der Waals surface area contributed by atoms with Crippen LogP contribution >= 0.6 is 0 Å². The Kier molecular flexibility index (Phi) is 8.59. The normalized spacial score (nSPS) is 9.89. The maximum absolute atomic E-state index is 13.5. The number of benzene rings is 1. The molecule has 0 atom stereocenters. The number of aromatic nitrogens is 1. The first-order valence-electron chi connectivity index (χ1n) is 7.75. The number of rotatable bonds is 6. The summed E-state index contributed by atoms with van der Waals surface area (Å²) in [5.41, 5.74) is -0.815. The Morgan fingerprint density at radius 2 is 1.68 bits per heavy atom. The molecule has 0 bridgehead atoms. The first kappa shape index (κ1) is 22.6. The molecule has 1 heterocycles. The number of carbonyl (C=O) groups is 2. The summed E-state index contributed by atoms with van der Waals surface area (Å²) in [7, 11) is 0. The average molecular weight is 404 g/mol. The van der Waals surface area contributed by atoms with E-state index in [9.17, 15) is 32.9 Å². The van der Waals surface area contributed by atoms with E-state index >= 15 is 0 Å². The summed E-state index contributed by atoms with van der Waals surface area (Å²) >= 11 is 0. The minimum absolute atomic E-state index is 0.125. The Labute approximate surface area is 156 Å². The molecule has 0 N–H and O–H groups in total. The molecule has 0 aliphatic heterocycles. The van der Waals surface area contributed by atoms with Gasteiger partial charge in [-0.05, 0) is 13.8 Å². The van der Waals surface area contributed by atoms with Crippen LogP contribution < -0.4 is 0 Å². The van der Waals surface area contributed by atoms with Gasteiger partial charge in [-0.3, -0.25) is 10.1 Å². The van der Waals surface area contributed by atoms with Crippen LogP contribution in [0.3, 0.4) is 0 Å². The average Bonchev–Trinajstić information content (AvgIpc) is 3.04. The van der Waals surface area contributed by atoms with E-state index in [1.807, 2.05) is 0 Å². The number of ether oxygens (including phenoxy) is 2. The molecule has 0 amide bonds. The van der Waals surface area contributed by atoms with Crippen molar-refractivity contribution in [2.45, 2.75) is 13.8 Å². The summed E-state index contributed by atoms with van der Waals surface area (Å²) in [6.07, 6.45) is 0. The van der Waals surface area contributed by atoms with Crippen LogP contribution in [-0.4, -0.2) is 41.8 Å². The van der Waals surface area contributed by atoms with Gasteiger partial charge in [0.2, 0.25) is 0 Å². The van der Waals surface area contributed by atoms with E-state index in [2.05, 4.69) is 19.2 Å². The monoisotopic (exact) mass is 404 g/mol. The molecule has 0 saturated carbocycles. The summed E-state index contributed by atoms with van der Waals surface area (Å²) in [6, 6.07) is 2.04. The Morgan fingerprint density at radius 3 is 2.18 bits per heavy atom. The fourth-order valence-electron chi connectivity index (χ4n) is 1.78. The van der Waals surface area contributed by atoms with Gasteiger partial charge in [0.05, 0.1) is 18.8 Å². The highest BCUT2D eigenvalue weighted by atomic mass is 19.1. The number of hydrogen-bond donors (Lipinski definition) is 0. The summed E-state index contributed by atoms with van der Waals surface area (Å²) in [5, 5.41) is 12.9. The van der Waals surface area contributed by atoms with Crippen molar-refractivity contribution < 1.29 is 41.7 Å². The topological polar surface area (TPSA) is 122 Å². The zero-order valence-corrected chi connectivity index (χ0v) is 14.7. The second-order valence-corrected chi connectivity index (χ2v) is 4.84. The van der Waals surface area contributed by atoms with Gasteiger partial charge < -0.3 is 14.0 Å². The molecule has 0 aliphatic carbocycles. The first-order valence-corrected chi connectivity index (χ1v) is 7.75. The molecule has 2 aromatic rings. The molecule has 28 heavy (non-hydrogen) atoms. The van der Waals surface area contributed by atoms with Crippen molar-refractivity contribution in [2.75, 3.05) is 19.8 Å². The SMILES string of the molecule is CCOC(=O)C[N+](=O)[O-].CCOC(=O)c1cc(-c2c(F)cc(F)cc2F)on1. The Bertz CT molecular complexity index is 832. The fraction of sp³-hybridized carbons (Fsp3) is 0.312. The van der Waals surface area contributed by atoms with Gasteiger partial charge in [0.1, 0.15) is 17.5 Å². The molecule has 1 aromatic carbocycles. The van der Waals surface area contributed by atoms with Crippen molar-refractivity contribution in [3.63, 3.8) is 0 Å². The van der Waals surface area contributed by atoms with Crippen LogP contribution in [0, 0.1) is 27.6 Å². The summed E-state index contributed by atoms with van der Waals surface area (Å²) in [5.74, 6) is -5.24. The van der Waals surface area contributed by atoms with Crippen LogP contribution in [0.25, 0.3) is 11.3 Å². The zero-order chi connectivity index (χ0) is 21.3. The second-order valence-electron chi connectivity index (χ2n) is 4.84. The second kappa shape index (κ2) is 10.6. The molecule has 0 unspecified atom stereocenters. The van der Waals surface area contributed by atoms with Crippen molar-refractivity contribution in [2.24, 2.45) is 0 Å². The molecule has 0 fully saturated rings. The number of nitrogens with zero attached hydrogens (tertiary/aromatic N) is 2. The molecule has 0 saturated heterocycles. The molecule has 0 aliphatic rings. The smallest absolute Gasteiger partial charge is 0.378 e. The Morgan fingerprint density at radius 1 is 1.11 bits per heavy atom. The van der Waals surface area contributed by atoms with Crippen molar-refractivity contribution in [1.29, 1.82) is 0 Å². The third kappa shape index (κ3) is 6.70. The lowest BCUT2D eigenvalue weighted by atomic mass is 10.1. The third-order valence-electron chi connectivity index (χ3n) is 2.81. The number of carbonyl (C=O) groups excluding carboxylic acids is 2. The Hall–Kier alpha value is -3.44. The molecule has 1 aromatic heterocycles. The van der Waals surface area contributed by atoms with Crippen LogP contribution in [0.15, 0.2) is 22.7 Å². The predicted molar refractivity (Wildman–Crippen MR) is 86.3 cm³/mol. The van der Waals surface area contributed by atoms with Gasteiger partial charge in [0, 0.05) is 23.1 Å². The molecule has 12 heteroatoms. The van der Waals surface area contributed by atoms with Crippen molar-refractivity contribution in [1.82, 2.24) is 5.16 Å². The molecular formula is C16H15F3N2O7. The molecule has 2 rings (SSSR count). The molecule has 152 valence electrons. The summed E-state index contributed by atoms with van der Waals surface area (Å²) in [4.78, 5) is 30.4.